The van der Waals surface area contributed by atoms with Crippen molar-refractivity contribution in [2.45, 2.75) is 20.3 Å². The van der Waals surface area contributed by atoms with Gasteiger partial charge in [-0.05, 0) is 49.8 Å². The number of phenolic OH excluding ortho intramolecular Hbond substituents is 1. The Balaban J connectivity index is 2.51. The molecule has 22 heavy (non-hydrogen) atoms. The number of nitriles is 1. The third-order valence-electron chi connectivity index (χ3n) is 3.40. The van der Waals surface area contributed by atoms with Crippen molar-refractivity contribution in [3.63, 3.8) is 0 Å². The van der Waals surface area contributed by atoms with Crippen LogP contribution in [0.4, 0.5) is 0 Å². The van der Waals surface area contributed by atoms with E-state index in [4.69, 9.17) is 5.26 Å². The minimum atomic E-state index is -0.366. The van der Waals surface area contributed by atoms with Gasteiger partial charge in [0.25, 0.3) is 5.91 Å². The Morgan fingerprint density at radius 1 is 1.32 bits per heavy atom. The smallest absolute Gasteiger partial charge is 0.261 e. The fraction of sp³-hybridized carbons (Fsp3) is 0.412. The lowest BCUT2D eigenvalue weighted by molar-refractivity contribution is -0.117. The second-order valence-corrected chi connectivity index (χ2v) is 4.90. The van der Waals surface area contributed by atoms with Gasteiger partial charge in [0, 0.05) is 6.54 Å². The fourth-order valence-corrected chi connectivity index (χ4v) is 2.03. The number of carbonyl (C=O) groups is 1. The minimum absolute atomic E-state index is 0.0635. The molecule has 0 saturated heterocycles. The number of carbonyl (C=O) groups excluding carboxylic acids is 1. The fourth-order valence-electron chi connectivity index (χ4n) is 2.03. The Bertz CT molecular complexity index is 540. The topological polar surface area (TPSA) is 76.4 Å². The minimum Gasteiger partial charge on any atom is -0.508 e. The molecule has 2 N–H and O–H groups in total. The molecule has 0 aromatic heterocycles. The van der Waals surface area contributed by atoms with Crippen LogP contribution in [0.5, 0.6) is 5.75 Å². The summed E-state index contributed by atoms with van der Waals surface area (Å²) in [5, 5.41) is 21.1. The van der Waals surface area contributed by atoms with Crippen LogP contribution in [0.2, 0.25) is 0 Å². The molecule has 0 bridgehead atoms. The quantitative estimate of drug-likeness (QED) is 0.438. The van der Waals surface area contributed by atoms with Crippen molar-refractivity contribution in [2.24, 2.45) is 0 Å². The molecule has 1 rings (SSSR count). The summed E-state index contributed by atoms with van der Waals surface area (Å²) >= 11 is 0. The van der Waals surface area contributed by atoms with Gasteiger partial charge in [0.15, 0.2) is 0 Å². The van der Waals surface area contributed by atoms with E-state index in [1.54, 1.807) is 12.1 Å². The molecule has 0 radical (unpaired) electrons. The first-order valence-corrected chi connectivity index (χ1v) is 7.52. The summed E-state index contributed by atoms with van der Waals surface area (Å²) in [6, 6.07) is 8.25. The number of hydrogen-bond donors (Lipinski definition) is 2. The van der Waals surface area contributed by atoms with Gasteiger partial charge in [-0.25, -0.2) is 0 Å². The highest BCUT2D eigenvalue weighted by Crippen LogP contribution is 2.12. The molecule has 0 aliphatic carbocycles. The Kier molecular flexibility index (Phi) is 7.73. The van der Waals surface area contributed by atoms with Gasteiger partial charge in [0.1, 0.15) is 17.4 Å². The summed E-state index contributed by atoms with van der Waals surface area (Å²) < 4.78 is 0. The van der Waals surface area contributed by atoms with E-state index in [1.807, 2.05) is 6.07 Å². The molecule has 118 valence electrons. The zero-order valence-corrected chi connectivity index (χ0v) is 13.2. The maximum absolute atomic E-state index is 12.0. The number of phenols is 1. The maximum atomic E-state index is 12.0. The monoisotopic (exact) mass is 301 g/mol. The van der Waals surface area contributed by atoms with Crippen LogP contribution in [0.1, 0.15) is 25.8 Å². The van der Waals surface area contributed by atoms with Crippen LogP contribution in [0.25, 0.3) is 6.08 Å². The molecule has 0 heterocycles. The first kappa shape index (κ1) is 17.7. The summed E-state index contributed by atoms with van der Waals surface area (Å²) in [7, 11) is 0. The molecule has 1 aromatic rings. The number of amides is 1. The zero-order valence-electron chi connectivity index (χ0n) is 13.2. The molecule has 0 atom stereocenters. The van der Waals surface area contributed by atoms with Gasteiger partial charge in [0.2, 0.25) is 0 Å². The summed E-state index contributed by atoms with van der Waals surface area (Å²) in [4.78, 5) is 14.2. The van der Waals surface area contributed by atoms with Crippen LogP contribution in [0, 0.1) is 11.3 Å². The number of nitrogens with one attached hydrogen (secondary N) is 1. The van der Waals surface area contributed by atoms with Gasteiger partial charge >= 0.3 is 0 Å². The third-order valence-corrected chi connectivity index (χ3v) is 3.40. The van der Waals surface area contributed by atoms with Crippen molar-refractivity contribution in [3.05, 3.63) is 35.4 Å². The zero-order chi connectivity index (χ0) is 16.4. The van der Waals surface area contributed by atoms with Crippen LogP contribution >= 0.6 is 0 Å². The molecule has 0 aliphatic heterocycles. The van der Waals surface area contributed by atoms with Crippen LogP contribution in [-0.4, -0.2) is 42.1 Å². The molecule has 5 nitrogen and oxygen atoms in total. The number of aromatic hydroxyl groups is 1. The molecule has 1 aromatic carbocycles. The van der Waals surface area contributed by atoms with Crippen molar-refractivity contribution in [1.29, 1.82) is 5.26 Å². The highest BCUT2D eigenvalue weighted by atomic mass is 16.3. The Labute approximate surface area is 131 Å². The molecular weight excluding hydrogens is 278 g/mol. The lowest BCUT2D eigenvalue weighted by Gasteiger charge is -2.17. The summed E-state index contributed by atoms with van der Waals surface area (Å²) in [6.45, 7) is 7.68. The number of rotatable bonds is 8. The van der Waals surface area contributed by atoms with E-state index in [1.165, 1.54) is 18.2 Å². The molecule has 0 aliphatic rings. The van der Waals surface area contributed by atoms with Gasteiger partial charge in [0.05, 0.1) is 0 Å². The first-order valence-electron chi connectivity index (χ1n) is 7.52. The van der Waals surface area contributed by atoms with E-state index in [9.17, 15) is 9.90 Å². The van der Waals surface area contributed by atoms with E-state index in [-0.39, 0.29) is 17.2 Å². The van der Waals surface area contributed by atoms with E-state index in [0.717, 1.165) is 26.1 Å². The van der Waals surface area contributed by atoms with Gasteiger partial charge in [-0.3, -0.25) is 4.79 Å². The van der Waals surface area contributed by atoms with E-state index in [0.29, 0.717) is 12.1 Å². The highest BCUT2D eigenvalue weighted by Gasteiger charge is 2.08. The molecule has 1 amide bonds. The third kappa shape index (κ3) is 5.98. The lowest BCUT2D eigenvalue weighted by Crippen LogP contribution is -2.30. The second kappa shape index (κ2) is 9.59. The van der Waals surface area contributed by atoms with Crippen LogP contribution in [0.15, 0.2) is 29.8 Å². The van der Waals surface area contributed by atoms with Crippen molar-refractivity contribution in [1.82, 2.24) is 10.2 Å². The highest BCUT2D eigenvalue weighted by molar-refractivity contribution is 6.01. The standard InChI is InChI=1S/C17H23N3O2/c1-3-20(4-2)11-5-10-19-17(22)15(13-18)12-14-6-8-16(21)9-7-14/h6-9,12,21H,3-5,10-11H2,1-2H3,(H,19,22)/b15-12+. The number of hydrogen-bond acceptors (Lipinski definition) is 4. The summed E-state index contributed by atoms with van der Waals surface area (Å²) in [6.07, 6.45) is 2.37. The van der Waals surface area contributed by atoms with E-state index < -0.39 is 0 Å². The molecule has 0 spiro atoms. The Morgan fingerprint density at radius 3 is 2.50 bits per heavy atom. The van der Waals surface area contributed by atoms with Crippen LogP contribution in [0.3, 0.4) is 0 Å². The Hall–Kier alpha value is -2.32. The van der Waals surface area contributed by atoms with Crippen molar-refractivity contribution < 1.29 is 9.90 Å². The predicted molar refractivity (Wildman–Crippen MR) is 87.1 cm³/mol. The van der Waals surface area contributed by atoms with E-state index in [2.05, 4.69) is 24.1 Å². The number of nitrogens with zero attached hydrogens (tertiary/aromatic N) is 2. The largest absolute Gasteiger partial charge is 0.508 e. The molecular formula is C17H23N3O2. The SMILES string of the molecule is CCN(CC)CCCNC(=O)/C(C#N)=C/c1ccc(O)cc1. The average molecular weight is 301 g/mol. The number of benzene rings is 1. The summed E-state index contributed by atoms with van der Waals surface area (Å²) in [5.41, 5.74) is 0.765. The van der Waals surface area contributed by atoms with Gasteiger partial charge in [-0.15, -0.1) is 0 Å². The Morgan fingerprint density at radius 2 is 1.95 bits per heavy atom. The van der Waals surface area contributed by atoms with Gasteiger partial charge < -0.3 is 15.3 Å². The lowest BCUT2D eigenvalue weighted by atomic mass is 10.1. The molecule has 0 saturated carbocycles. The van der Waals surface area contributed by atoms with Crippen LogP contribution in [-0.2, 0) is 4.79 Å². The van der Waals surface area contributed by atoms with Crippen molar-refractivity contribution >= 4 is 12.0 Å². The normalized spacial score (nSPS) is 11.3. The second-order valence-electron chi connectivity index (χ2n) is 4.90. The van der Waals surface area contributed by atoms with Crippen LogP contribution < -0.4 is 5.32 Å². The molecule has 0 fully saturated rings. The van der Waals surface area contributed by atoms with Gasteiger partial charge in [-0.2, -0.15) is 5.26 Å². The predicted octanol–water partition coefficient (Wildman–Crippen LogP) is 2.15. The van der Waals surface area contributed by atoms with Crippen molar-refractivity contribution in [2.75, 3.05) is 26.2 Å². The van der Waals surface area contributed by atoms with Gasteiger partial charge in [-0.1, -0.05) is 26.0 Å². The first-order chi connectivity index (χ1) is 10.6. The van der Waals surface area contributed by atoms with Crippen molar-refractivity contribution in [3.8, 4) is 11.8 Å². The maximum Gasteiger partial charge on any atom is 0.261 e. The van der Waals surface area contributed by atoms with E-state index >= 15 is 0 Å². The molecule has 0 unspecified atom stereocenters. The average Bonchev–Trinajstić information content (AvgIpc) is 2.54. The summed E-state index contributed by atoms with van der Waals surface area (Å²) in [5.74, 6) is -0.216. The molecule has 5 heteroatoms.